The highest BCUT2D eigenvalue weighted by Gasteiger charge is 2.35. The fraction of sp³-hybridized carbons (Fsp3) is 0.500. The van der Waals surface area contributed by atoms with Crippen LogP contribution in [0.15, 0.2) is 48.9 Å². The molecule has 4 heterocycles. The van der Waals surface area contributed by atoms with E-state index in [1.807, 2.05) is 6.20 Å². The standard InChI is InChI=1S/C24H30ClN5OS/c1-28(15-18-5-3-2-4-6-18)20-7-9-29(10-8-20)24(30-11-12-31-22(25)16-30)21-13-19-14-26-17-27-23(19)32-21/h2-6,13-14,17,20,22,24H,7-12,15-16H2,1H3. The van der Waals surface area contributed by atoms with Gasteiger partial charge in [-0.1, -0.05) is 41.9 Å². The number of hydrogen-bond donors (Lipinski definition) is 0. The van der Waals surface area contributed by atoms with Crippen LogP contribution < -0.4 is 0 Å². The van der Waals surface area contributed by atoms with Crippen molar-refractivity contribution in [2.24, 2.45) is 0 Å². The highest BCUT2D eigenvalue weighted by molar-refractivity contribution is 7.18. The monoisotopic (exact) mass is 471 g/mol. The fourth-order valence-electron chi connectivity index (χ4n) is 4.95. The van der Waals surface area contributed by atoms with E-state index in [0.29, 0.717) is 12.6 Å². The summed E-state index contributed by atoms with van der Waals surface area (Å²) in [5.74, 6) is 0. The maximum Gasteiger partial charge on any atom is 0.143 e. The van der Waals surface area contributed by atoms with Gasteiger partial charge in [-0.3, -0.25) is 14.7 Å². The number of fused-ring (bicyclic) bond motifs is 1. The second kappa shape index (κ2) is 10.1. The lowest BCUT2D eigenvalue weighted by Crippen LogP contribution is -2.52. The summed E-state index contributed by atoms with van der Waals surface area (Å²) in [5, 5.41) is 1.12. The van der Waals surface area contributed by atoms with Crippen LogP contribution in [0.25, 0.3) is 10.2 Å². The Balaban J connectivity index is 1.31. The third kappa shape index (κ3) is 4.98. The van der Waals surface area contributed by atoms with Crippen molar-refractivity contribution in [1.29, 1.82) is 0 Å². The smallest absolute Gasteiger partial charge is 0.143 e. The van der Waals surface area contributed by atoms with Crippen LogP contribution in [0.5, 0.6) is 0 Å². The van der Waals surface area contributed by atoms with E-state index >= 15 is 0 Å². The van der Waals surface area contributed by atoms with Crippen molar-refractivity contribution in [2.45, 2.75) is 37.2 Å². The van der Waals surface area contributed by atoms with Crippen LogP contribution in [0, 0.1) is 0 Å². The van der Waals surface area contributed by atoms with Crippen LogP contribution in [0.1, 0.15) is 29.4 Å². The second-order valence-corrected chi connectivity index (χ2v) is 10.3. The van der Waals surface area contributed by atoms with Crippen molar-refractivity contribution in [2.75, 3.05) is 39.8 Å². The maximum atomic E-state index is 6.39. The van der Waals surface area contributed by atoms with Crippen LogP contribution in [-0.4, -0.2) is 76.1 Å². The Morgan fingerprint density at radius 2 is 2.00 bits per heavy atom. The Kier molecular flexibility index (Phi) is 7.02. The molecule has 0 saturated carbocycles. The van der Waals surface area contributed by atoms with Gasteiger partial charge < -0.3 is 4.74 Å². The predicted octanol–water partition coefficient (Wildman–Crippen LogP) is 4.18. The normalized spacial score (nSPS) is 22.5. The van der Waals surface area contributed by atoms with E-state index in [-0.39, 0.29) is 11.7 Å². The zero-order valence-electron chi connectivity index (χ0n) is 18.4. The van der Waals surface area contributed by atoms with Gasteiger partial charge in [0, 0.05) is 55.2 Å². The summed E-state index contributed by atoms with van der Waals surface area (Å²) in [6.45, 7) is 5.44. The van der Waals surface area contributed by atoms with Gasteiger partial charge in [0.2, 0.25) is 0 Å². The Morgan fingerprint density at radius 1 is 1.19 bits per heavy atom. The van der Waals surface area contributed by atoms with Crippen molar-refractivity contribution >= 4 is 33.2 Å². The number of ether oxygens (including phenoxy) is 1. The number of aromatic nitrogens is 2. The van der Waals surface area contributed by atoms with Crippen LogP contribution >= 0.6 is 22.9 Å². The van der Waals surface area contributed by atoms with Crippen LogP contribution in [0.4, 0.5) is 0 Å². The quantitative estimate of drug-likeness (QED) is 0.502. The third-order valence-electron chi connectivity index (χ3n) is 6.61. The van der Waals surface area contributed by atoms with Crippen LogP contribution in [-0.2, 0) is 11.3 Å². The first-order chi connectivity index (χ1) is 15.7. The molecule has 2 saturated heterocycles. The molecule has 8 heteroatoms. The molecule has 170 valence electrons. The lowest BCUT2D eigenvalue weighted by molar-refractivity contribution is -0.0576. The highest BCUT2D eigenvalue weighted by atomic mass is 35.5. The third-order valence-corrected chi connectivity index (χ3v) is 7.98. The molecule has 2 atom stereocenters. The van der Waals surface area contributed by atoms with Crippen molar-refractivity contribution in [3.8, 4) is 0 Å². The molecule has 0 radical (unpaired) electrons. The van der Waals surface area contributed by atoms with Crippen molar-refractivity contribution in [1.82, 2.24) is 24.7 Å². The molecule has 3 aromatic rings. The van der Waals surface area contributed by atoms with Gasteiger partial charge in [-0.15, -0.1) is 11.3 Å². The van der Waals surface area contributed by atoms with Gasteiger partial charge in [0.25, 0.3) is 0 Å². The van der Waals surface area contributed by atoms with Crippen LogP contribution in [0.2, 0.25) is 0 Å². The number of piperidine rings is 1. The predicted molar refractivity (Wildman–Crippen MR) is 130 cm³/mol. The number of likely N-dealkylation sites (tertiary alicyclic amines) is 1. The summed E-state index contributed by atoms with van der Waals surface area (Å²) in [6.07, 6.45) is 6.08. The lowest BCUT2D eigenvalue weighted by Gasteiger charge is -2.45. The summed E-state index contributed by atoms with van der Waals surface area (Å²) in [4.78, 5) is 18.7. The molecule has 32 heavy (non-hydrogen) atoms. The second-order valence-electron chi connectivity index (χ2n) is 8.75. The summed E-state index contributed by atoms with van der Waals surface area (Å²) >= 11 is 8.17. The highest BCUT2D eigenvalue weighted by Crippen LogP contribution is 2.36. The first-order valence-electron chi connectivity index (χ1n) is 11.3. The van der Waals surface area contributed by atoms with Gasteiger partial charge in [-0.25, -0.2) is 9.97 Å². The summed E-state index contributed by atoms with van der Waals surface area (Å²) < 4.78 is 5.63. The van der Waals surface area contributed by atoms with Gasteiger partial charge in [0.05, 0.1) is 12.8 Å². The Morgan fingerprint density at radius 3 is 2.75 bits per heavy atom. The van der Waals surface area contributed by atoms with Crippen molar-refractivity contribution < 1.29 is 4.74 Å². The molecule has 5 rings (SSSR count). The molecular formula is C24H30ClN5OS. The number of thiophene rings is 1. The minimum atomic E-state index is -0.255. The minimum absolute atomic E-state index is 0.208. The zero-order valence-corrected chi connectivity index (χ0v) is 20.0. The van der Waals surface area contributed by atoms with Gasteiger partial charge in [0.15, 0.2) is 0 Å². The van der Waals surface area contributed by atoms with Crippen LogP contribution in [0.3, 0.4) is 0 Å². The molecule has 2 unspecified atom stereocenters. The first-order valence-corrected chi connectivity index (χ1v) is 12.6. The number of rotatable bonds is 6. The Labute approximate surface area is 198 Å². The fourth-order valence-corrected chi connectivity index (χ4v) is 6.35. The van der Waals surface area contributed by atoms with E-state index in [1.54, 1.807) is 17.7 Å². The number of morpholine rings is 1. The first kappa shape index (κ1) is 22.2. The van der Waals surface area contributed by atoms with Gasteiger partial charge in [-0.05, 0) is 31.5 Å². The molecule has 0 aliphatic carbocycles. The molecule has 2 aromatic heterocycles. The summed E-state index contributed by atoms with van der Waals surface area (Å²) in [5.41, 5.74) is 1.12. The van der Waals surface area contributed by atoms with Gasteiger partial charge in [-0.2, -0.15) is 0 Å². The summed E-state index contributed by atoms with van der Waals surface area (Å²) in [6, 6.07) is 13.6. The van der Waals surface area contributed by atoms with Gasteiger partial charge >= 0.3 is 0 Å². The van der Waals surface area contributed by atoms with Crippen molar-refractivity contribution in [3.05, 3.63) is 59.4 Å². The van der Waals surface area contributed by atoms with E-state index in [2.05, 4.69) is 68.1 Å². The number of benzene rings is 1. The van der Waals surface area contributed by atoms with E-state index < -0.39 is 0 Å². The van der Waals surface area contributed by atoms with E-state index in [9.17, 15) is 0 Å². The molecule has 6 nitrogen and oxygen atoms in total. The molecule has 2 aliphatic heterocycles. The average Bonchev–Trinajstić information content (AvgIpc) is 3.24. The Hall–Kier alpha value is -1.61. The molecule has 2 fully saturated rings. The molecule has 0 spiro atoms. The largest absolute Gasteiger partial charge is 0.360 e. The van der Waals surface area contributed by atoms with E-state index in [4.69, 9.17) is 16.3 Å². The van der Waals surface area contributed by atoms with E-state index in [1.165, 1.54) is 23.3 Å². The number of nitrogens with zero attached hydrogens (tertiary/aromatic N) is 5. The molecule has 0 N–H and O–H groups in total. The average molecular weight is 472 g/mol. The number of alkyl halides is 1. The molecular weight excluding hydrogens is 442 g/mol. The van der Waals surface area contributed by atoms with Gasteiger partial charge in [0.1, 0.15) is 16.7 Å². The molecule has 0 bridgehead atoms. The zero-order chi connectivity index (χ0) is 21.9. The van der Waals surface area contributed by atoms with E-state index in [0.717, 1.165) is 42.9 Å². The van der Waals surface area contributed by atoms with Crippen molar-refractivity contribution in [3.63, 3.8) is 0 Å². The molecule has 2 aliphatic rings. The molecule has 0 amide bonds. The topological polar surface area (TPSA) is 44.7 Å². The lowest BCUT2D eigenvalue weighted by atomic mass is 10.0. The SMILES string of the molecule is CN(Cc1ccccc1)C1CCN(C(c2cc3cncnc3s2)N2CCOC(Cl)C2)CC1. The number of halogens is 1. The Bertz CT molecular complexity index is 977. The maximum absolute atomic E-state index is 6.39. The minimum Gasteiger partial charge on any atom is -0.360 e. The summed E-state index contributed by atoms with van der Waals surface area (Å²) in [7, 11) is 2.26. The number of hydrogen-bond acceptors (Lipinski definition) is 7. The molecule has 1 aromatic carbocycles.